The van der Waals surface area contributed by atoms with Crippen molar-refractivity contribution < 1.29 is 45.6 Å². The third-order valence-corrected chi connectivity index (χ3v) is 2.49. The summed E-state index contributed by atoms with van der Waals surface area (Å²) in [5.41, 5.74) is 0. The molecule has 0 aromatic rings. The topological polar surface area (TPSA) is 116 Å². The summed E-state index contributed by atoms with van der Waals surface area (Å²) in [7, 11) is -5.68. The van der Waals surface area contributed by atoms with Crippen molar-refractivity contribution in [3.63, 3.8) is 0 Å². The smallest absolute Gasteiger partial charge is 0.455 e. The summed E-state index contributed by atoms with van der Waals surface area (Å²) in [6.45, 7) is -2.41. The number of cyclic esters (lactones) is 2. The van der Waals surface area contributed by atoms with Crippen LogP contribution in [0.1, 0.15) is 0 Å². The molecule has 1 fully saturated rings. The van der Waals surface area contributed by atoms with Crippen LogP contribution in [0.3, 0.4) is 0 Å². The summed E-state index contributed by atoms with van der Waals surface area (Å²) in [5, 5.41) is -4.63. The Bertz CT molecular complexity index is 429. The Morgan fingerprint density at radius 1 is 1.59 bits per heavy atom. The predicted octanol–water partition coefficient (Wildman–Crippen LogP) is -0.454. The van der Waals surface area contributed by atoms with Crippen molar-refractivity contribution in [1.29, 1.82) is 0 Å². The monoisotopic (exact) mass is 276 g/mol. The number of ether oxygens (including phenoxy) is 3. The van der Waals surface area contributed by atoms with Gasteiger partial charge in [-0.25, -0.2) is 9.59 Å². The summed E-state index contributed by atoms with van der Waals surface area (Å²) >= 11 is 0. The Morgan fingerprint density at radius 2 is 2.18 bits per heavy atom. The number of halogens is 2. The van der Waals surface area contributed by atoms with Gasteiger partial charge in [-0.05, 0) is 0 Å². The fraction of sp³-hybridized carbons (Fsp3) is 0.667. The largest absolute Gasteiger partial charge is 0.509 e. The van der Waals surface area contributed by atoms with Gasteiger partial charge in [-0.15, -0.1) is 0 Å². The zero-order valence-corrected chi connectivity index (χ0v) is 8.78. The molecule has 1 saturated heterocycles. The van der Waals surface area contributed by atoms with Crippen LogP contribution in [0.5, 0.6) is 0 Å². The van der Waals surface area contributed by atoms with Gasteiger partial charge in [0, 0.05) is 0 Å². The van der Waals surface area contributed by atoms with Gasteiger partial charge in [0.25, 0.3) is 0 Å². The van der Waals surface area contributed by atoms with E-state index >= 15 is 0 Å². The van der Waals surface area contributed by atoms with Gasteiger partial charge in [0.15, 0.2) is 6.61 Å². The number of carbonyl (C=O) groups excluding carboxylic acids is 2. The van der Waals surface area contributed by atoms with Gasteiger partial charge in [0.1, 0.15) is 6.61 Å². The lowest BCUT2D eigenvalue weighted by atomic mass is 10.4. The molecule has 0 saturated carbocycles. The highest BCUT2D eigenvalue weighted by atomic mass is 32.2. The minimum absolute atomic E-state index is 0.519. The van der Waals surface area contributed by atoms with Crippen molar-refractivity contribution in [2.45, 2.75) is 11.4 Å². The molecule has 0 aromatic carbocycles. The average molecular weight is 276 g/mol. The molecule has 0 spiro atoms. The lowest BCUT2D eigenvalue weighted by Crippen LogP contribution is -2.37. The normalized spacial score (nSPS) is 20.6. The molecular weight excluding hydrogens is 270 g/mol. The zero-order chi connectivity index (χ0) is 13.3. The van der Waals surface area contributed by atoms with Crippen LogP contribution in [0.4, 0.5) is 13.6 Å². The van der Waals surface area contributed by atoms with Gasteiger partial charge in [-0.2, -0.15) is 17.2 Å². The molecule has 0 amide bonds. The third-order valence-electron chi connectivity index (χ3n) is 1.61. The highest BCUT2D eigenvalue weighted by Gasteiger charge is 2.46. The SMILES string of the molecule is O=C1OCC(C(=O)OCC(F)(F)S(=O)(=O)O)O1. The average Bonchev–Trinajstić information content (AvgIpc) is 2.59. The maximum atomic E-state index is 12.6. The second-order valence-corrected chi connectivity index (χ2v) is 4.44. The molecule has 1 aliphatic rings. The Morgan fingerprint density at radius 3 is 2.59 bits per heavy atom. The second-order valence-electron chi connectivity index (χ2n) is 2.89. The van der Waals surface area contributed by atoms with Crippen molar-refractivity contribution in [2.75, 3.05) is 13.2 Å². The molecule has 0 bridgehead atoms. The van der Waals surface area contributed by atoms with Crippen LogP contribution in [0.2, 0.25) is 0 Å². The Labute approximate surface area is 93.2 Å². The van der Waals surface area contributed by atoms with Gasteiger partial charge < -0.3 is 14.2 Å². The molecule has 0 aliphatic carbocycles. The van der Waals surface area contributed by atoms with Crippen LogP contribution >= 0.6 is 0 Å². The van der Waals surface area contributed by atoms with E-state index in [1.165, 1.54) is 0 Å². The van der Waals surface area contributed by atoms with E-state index in [0.717, 1.165) is 0 Å². The van der Waals surface area contributed by atoms with Gasteiger partial charge >= 0.3 is 27.5 Å². The number of alkyl halides is 2. The van der Waals surface area contributed by atoms with Crippen LogP contribution < -0.4 is 0 Å². The van der Waals surface area contributed by atoms with E-state index in [1.54, 1.807) is 0 Å². The van der Waals surface area contributed by atoms with E-state index in [0.29, 0.717) is 0 Å². The predicted molar refractivity (Wildman–Crippen MR) is 43.7 cm³/mol. The van der Waals surface area contributed by atoms with Gasteiger partial charge in [-0.1, -0.05) is 0 Å². The lowest BCUT2D eigenvalue weighted by molar-refractivity contribution is -0.157. The Balaban J connectivity index is 2.52. The number of hydrogen-bond donors (Lipinski definition) is 1. The first kappa shape index (κ1) is 13.6. The van der Waals surface area contributed by atoms with Crippen molar-refractivity contribution in [1.82, 2.24) is 0 Å². The van der Waals surface area contributed by atoms with Crippen LogP contribution in [0, 0.1) is 0 Å². The first-order chi connectivity index (χ1) is 7.63. The van der Waals surface area contributed by atoms with Crippen molar-refractivity contribution in [3.05, 3.63) is 0 Å². The summed E-state index contributed by atoms with van der Waals surface area (Å²) in [5.74, 6) is -1.40. The molecule has 1 unspecified atom stereocenters. The van der Waals surface area contributed by atoms with E-state index in [4.69, 9.17) is 4.55 Å². The van der Waals surface area contributed by atoms with E-state index in [2.05, 4.69) is 14.2 Å². The molecule has 11 heteroatoms. The quantitative estimate of drug-likeness (QED) is 0.542. The first-order valence-corrected chi connectivity index (χ1v) is 5.42. The molecule has 17 heavy (non-hydrogen) atoms. The number of hydrogen-bond acceptors (Lipinski definition) is 7. The molecule has 0 radical (unpaired) electrons. The molecule has 1 rings (SSSR count). The number of rotatable bonds is 4. The molecule has 1 atom stereocenters. The summed E-state index contributed by atoms with van der Waals surface area (Å²) in [6, 6.07) is 0. The number of esters is 1. The van der Waals surface area contributed by atoms with Crippen LogP contribution in [0.25, 0.3) is 0 Å². The molecule has 1 heterocycles. The van der Waals surface area contributed by atoms with Crippen LogP contribution in [-0.4, -0.2) is 49.7 Å². The minimum atomic E-state index is -5.68. The van der Waals surface area contributed by atoms with Crippen LogP contribution in [-0.2, 0) is 29.1 Å². The first-order valence-electron chi connectivity index (χ1n) is 3.98. The van der Waals surface area contributed by atoms with E-state index < -0.39 is 46.8 Å². The zero-order valence-electron chi connectivity index (χ0n) is 7.96. The van der Waals surface area contributed by atoms with Crippen LogP contribution in [0.15, 0.2) is 0 Å². The fourth-order valence-corrected chi connectivity index (χ4v) is 0.974. The van der Waals surface area contributed by atoms with Gasteiger partial charge in [0.05, 0.1) is 0 Å². The van der Waals surface area contributed by atoms with Crippen molar-refractivity contribution >= 4 is 22.2 Å². The molecular formula is C6H6F2O8S. The molecule has 1 N–H and O–H groups in total. The lowest BCUT2D eigenvalue weighted by Gasteiger charge is -2.13. The highest BCUT2D eigenvalue weighted by molar-refractivity contribution is 7.86. The summed E-state index contributed by atoms with van der Waals surface area (Å²) < 4.78 is 65.8. The molecule has 0 aromatic heterocycles. The van der Waals surface area contributed by atoms with E-state index in [-0.39, 0.29) is 0 Å². The Kier molecular flexibility index (Phi) is 3.52. The maximum absolute atomic E-state index is 12.6. The molecule has 98 valence electrons. The molecule has 1 aliphatic heterocycles. The fourth-order valence-electron chi connectivity index (χ4n) is 0.767. The van der Waals surface area contributed by atoms with Crippen molar-refractivity contribution in [2.24, 2.45) is 0 Å². The Hall–Kier alpha value is -1.49. The van der Waals surface area contributed by atoms with Gasteiger partial charge in [-0.3, -0.25) is 4.55 Å². The highest BCUT2D eigenvalue weighted by Crippen LogP contribution is 2.21. The summed E-state index contributed by atoms with van der Waals surface area (Å²) in [6.07, 6.45) is -2.70. The molecule has 8 nitrogen and oxygen atoms in total. The summed E-state index contributed by atoms with van der Waals surface area (Å²) in [4.78, 5) is 21.4. The standard InChI is InChI=1S/C6H6F2O8S/c7-6(8,17(11,12)13)2-15-4(9)3-1-14-5(10)16-3/h3H,1-2H2,(H,11,12,13). The number of carbonyl (C=O) groups is 2. The van der Waals surface area contributed by atoms with E-state index in [1.807, 2.05) is 0 Å². The minimum Gasteiger partial charge on any atom is -0.455 e. The van der Waals surface area contributed by atoms with Crippen molar-refractivity contribution in [3.8, 4) is 0 Å². The second kappa shape index (κ2) is 4.41. The maximum Gasteiger partial charge on any atom is 0.509 e. The van der Waals surface area contributed by atoms with E-state index in [9.17, 15) is 26.8 Å². The van der Waals surface area contributed by atoms with Gasteiger partial charge in [0.2, 0.25) is 6.10 Å². The third kappa shape index (κ3) is 3.23.